The van der Waals surface area contributed by atoms with Gasteiger partial charge in [0.1, 0.15) is 0 Å². The van der Waals surface area contributed by atoms with Gasteiger partial charge in [-0.1, -0.05) is 24.1 Å². The Morgan fingerprint density at radius 3 is 1.46 bits per heavy atom. The third-order valence-electron chi connectivity index (χ3n) is 0.940. The normalized spacial score (nSPS) is 4.85. The van der Waals surface area contributed by atoms with Crippen molar-refractivity contribution in [3.05, 3.63) is 35.9 Å². The molecule has 0 aromatic heterocycles. The van der Waals surface area contributed by atoms with E-state index in [0.717, 1.165) is 5.56 Å². The van der Waals surface area contributed by atoms with Gasteiger partial charge < -0.3 is 0 Å². The van der Waals surface area contributed by atoms with Crippen molar-refractivity contribution < 1.29 is 17.1 Å². The maximum absolute atomic E-state index is 5.10. The first-order valence-electron chi connectivity index (χ1n) is 2.45. The van der Waals surface area contributed by atoms with Gasteiger partial charge in [-0.25, -0.2) is 0 Å². The number of halogens is 4. The molecule has 1 aromatic rings. The molecule has 0 N–H and O–H groups in total. The zero-order valence-electron chi connectivity index (χ0n) is 6.45. The van der Waals surface area contributed by atoms with Crippen LogP contribution in [0, 0.1) is 12.3 Å². The number of terminal acetylenes is 1. The molecular weight excluding hydrogens is 294 g/mol. The van der Waals surface area contributed by atoms with E-state index in [0.29, 0.717) is 0 Å². The molecule has 0 atom stereocenters. The van der Waals surface area contributed by atoms with Crippen LogP contribution in [0.4, 0.5) is 0 Å². The molecule has 0 unspecified atom stereocenters. The van der Waals surface area contributed by atoms with Crippen LogP contribution in [-0.2, 0) is 17.1 Å². The first-order chi connectivity index (χ1) is 3.93. The molecule has 0 amide bonds. The summed E-state index contributed by atoms with van der Waals surface area (Å²) in [5.41, 5.74) is 0.938. The molecule has 1 aromatic carbocycles. The molecule has 0 aliphatic rings. The zero-order valence-corrected chi connectivity index (χ0v) is 10.8. The quantitative estimate of drug-likeness (QED) is 0.509. The van der Waals surface area contributed by atoms with Gasteiger partial charge in [-0.15, -0.1) is 56.1 Å². The van der Waals surface area contributed by atoms with Crippen LogP contribution in [0.2, 0.25) is 0 Å². The monoisotopic (exact) mass is 302 g/mol. The van der Waals surface area contributed by atoms with E-state index in [4.69, 9.17) is 6.42 Å². The summed E-state index contributed by atoms with van der Waals surface area (Å²) in [4.78, 5) is 0. The van der Waals surface area contributed by atoms with Crippen molar-refractivity contribution in [2.24, 2.45) is 0 Å². The Morgan fingerprint density at radius 2 is 1.23 bits per heavy atom. The summed E-state index contributed by atoms with van der Waals surface area (Å²) in [6, 6.07) is 9.60. The maximum Gasteiger partial charge on any atom is 0.0242 e. The fourth-order valence-electron chi connectivity index (χ4n) is 0.534. The number of rotatable bonds is 0. The van der Waals surface area contributed by atoms with Crippen LogP contribution in [0.3, 0.4) is 0 Å². The second-order valence-electron chi connectivity index (χ2n) is 1.51. The third-order valence-corrected chi connectivity index (χ3v) is 0.940. The van der Waals surface area contributed by atoms with Crippen LogP contribution in [0.1, 0.15) is 5.56 Å². The Balaban J connectivity index is -0.0000000427. The average molecular weight is 304 g/mol. The predicted octanol–water partition coefficient (Wildman–Crippen LogP) is 3.35. The summed E-state index contributed by atoms with van der Waals surface area (Å²) < 4.78 is 0. The topological polar surface area (TPSA) is 0 Å². The van der Waals surface area contributed by atoms with Crippen LogP contribution >= 0.6 is 49.6 Å². The van der Waals surface area contributed by atoms with E-state index >= 15 is 0 Å². The molecule has 5 heteroatoms. The van der Waals surface area contributed by atoms with Gasteiger partial charge in [-0.05, 0) is 12.1 Å². The van der Waals surface area contributed by atoms with Crippen molar-refractivity contribution in [2.45, 2.75) is 0 Å². The minimum atomic E-state index is 0. The molecule has 0 spiro atoms. The van der Waals surface area contributed by atoms with Crippen molar-refractivity contribution in [3.63, 3.8) is 0 Å². The smallest absolute Gasteiger partial charge is 0.0242 e. The third kappa shape index (κ3) is 12.5. The molecule has 0 nitrogen and oxygen atoms in total. The van der Waals surface area contributed by atoms with Crippen LogP contribution in [0.15, 0.2) is 30.3 Å². The van der Waals surface area contributed by atoms with Gasteiger partial charge >= 0.3 is 0 Å². The summed E-state index contributed by atoms with van der Waals surface area (Å²) >= 11 is 0. The molecule has 0 heterocycles. The van der Waals surface area contributed by atoms with Gasteiger partial charge in [0, 0.05) is 22.6 Å². The van der Waals surface area contributed by atoms with E-state index < -0.39 is 0 Å². The summed E-state index contributed by atoms with van der Waals surface area (Å²) in [5, 5.41) is 0. The molecule has 0 bridgehead atoms. The van der Waals surface area contributed by atoms with Gasteiger partial charge in [0.05, 0.1) is 0 Å². The second-order valence-corrected chi connectivity index (χ2v) is 1.51. The fourth-order valence-corrected chi connectivity index (χ4v) is 0.534. The van der Waals surface area contributed by atoms with Crippen molar-refractivity contribution in [1.82, 2.24) is 0 Å². The molecule has 0 saturated carbocycles. The van der Waals surface area contributed by atoms with Crippen LogP contribution in [0.25, 0.3) is 0 Å². The minimum Gasteiger partial charge on any atom is -0.147 e. The maximum atomic E-state index is 5.10. The van der Waals surface area contributed by atoms with Crippen molar-refractivity contribution >= 4 is 49.6 Å². The van der Waals surface area contributed by atoms with E-state index in [1.54, 1.807) is 0 Å². The Morgan fingerprint density at radius 1 is 0.846 bits per heavy atom. The van der Waals surface area contributed by atoms with Gasteiger partial charge in [0.15, 0.2) is 0 Å². The van der Waals surface area contributed by atoms with Gasteiger partial charge in [0.2, 0.25) is 0 Å². The minimum absolute atomic E-state index is 0. The average Bonchev–Trinajstić information content (AvgIpc) is 1.90. The molecule has 78 valence electrons. The number of hydrogen-bond acceptors (Lipinski definition) is 0. The molecule has 0 saturated heterocycles. The van der Waals surface area contributed by atoms with E-state index in [1.807, 2.05) is 30.3 Å². The Hall–Kier alpha value is 0.459. The molecule has 0 aliphatic carbocycles. The largest absolute Gasteiger partial charge is 0.147 e. The predicted molar refractivity (Wildman–Crippen MR) is 63.4 cm³/mol. The van der Waals surface area contributed by atoms with E-state index in [-0.39, 0.29) is 66.7 Å². The summed E-state index contributed by atoms with van der Waals surface area (Å²) in [6.45, 7) is 0. The first kappa shape index (κ1) is 29.2. The van der Waals surface area contributed by atoms with Crippen molar-refractivity contribution in [2.75, 3.05) is 0 Å². The Labute approximate surface area is 114 Å². The molecule has 0 radical (unpaired) electrons. The molecule has 0 fully saturated rings. The molecular formula is C8H10Cl4Fe. The standard InChI is InChI=1S/C8H6.4ClH.Fe/c1-2-8-6-4-3-5-7-8;;;;;/h1,3-7H;4*1H;. The van der Waals surface area contributed by atoms with E-state index in [2.05, 4.69) is 5.92 Å². The number of benzene rings is 1. The van der Waals surface area contributed by atoms with Gasteiger partial charge in [-0.2, -0.15) is 0 Å². The summed E-state index contributed by atoms with van der Waals surface area (Å²) in [6.07, 6.45) is 5.10. The van der Waals surface area contributed by atoms with Crippen molar-refractivity contribution in [3.8, 4) is 12.3 Å². The SMILES string of the molecule is C#Cc1ccccc1.Cl.Cl.Cl.Cl.[Fe]. The molecule has 1 rings (SSSR count). The van der Waals surface area contributed by atoms with E-state index in [9.17, 15) is 0 Å². The fraction of sp³-hybridized carbons (Fsp3) is 0. The second kappa shape index (κ2) is 18.3. The summed E-state index contributed by atoms with van der Waals surface area (Å²) in [7, 11) is 0. The molecule has 13 heavy (non-hydrogen) atoms. The van der Waals surface area contributed by atoms with Gasteiger partial charge in [-0.3, -0.25) is 0 Å². The number of hydrogen-bond donors (Lipinski definition) is 0. The van der Waals surface area contributed by atoms with Crippen molar-refractivity contribution in [1.29, 1.82) is 0 Å². The zero-order chi connectivity index (χ0) is 5.82. The first-order valence-corrected chi connectivity index (χ1v) is 2.45. The van der Waals surface area contributed by atoms with Crippen LogP contribution in [0.5, 0.6) is 0 Å². The summed E-state index contributed by atoms with van der Waals surface area (Å²) in [5.74, 6) is 2.53. The van der Waals surface area contributed by atoms with Crippen LogP contribution < -0.4 is 0 Å². The van der Waals surface area contributed by atoms with E-state index in [1.165, 1.54) is 0 Å². The molecule has 0 aliphatic heterocycles. The Kier molecular flexibility index (Phi) is 41.1. The Bertz CT molecular complexity index is 207. The van der Waals surface area contributed by atoms with Gasteiger partial charge in [0.25, 0.3) is 0 Å². The van der Waals surface area contributed by atoms with Crippen LogP contribution in [-0.4, -0.2) is 0 Å².